The van der Waals surface area contributed by atoms with E-state index in [2.05, 4.69) is 20.8 Å². The molecule has 2 heterocycles. The summed E-state index contributed by atoms with van der Waals surface area (Å²) in [7, 11) is 1.59. The fourth-order valence-electron chi connectivity index (χ4n) is 2.55. The van der Waals surface area contributed by atoms with Gasteiger partial charge in [-0.15, -0.1) is 0 Å². The number of methoxy groups -OCH3 is 1. The predicted octanol–water partition coefficient (Wildman–Crippen LogP) is 0.605. The second kappa shape index (κ2) is 9.53. The molecule has 0 bridgehead atoms. The third kappa shape index (κ3) is 5.92. The minimum atomic E-state index is -0.479. The third-order valence-electron chi connectivity index (χ3n) is 4.13. The first kappa shape index (κ1) is 20.1. The van der Waals surface area contributed by atoms with Crippen LogP contribution < -0.4 is 20.1 Å². The normalized spacial score (nSPS) is 13.8. The summed E-state index contributed by atoms with van der Waals surface area (Å²) in [6, 6.07) is 6.60. The molecular formula is C18H21N5O6. The number of imide groups is 1. The highest BCUT2D eigenvalue weighted by Gasteiger charge is 2.23. The van der Waals surface area contributed by atoms with Crippen LogP contribution in [0, 0.1) is 0 Å². The fourth-order valence-corrected chi connectivity index (χ4v) is 2.55. The van der Waals surface area contributed by atoms with Crippen LogP contribution in [0.5, 0.6) is 11.5 Å². The largest absolute Gasteiger partial charge is 0.497 e. The molecule has 1 aliphatic rings. The van der Waals surface area contributed by atoms with Gasteiger partial charge in [0.05, 0.1) is 13.7 Å². The summed E-state index contributed by atoms with van der Waals surface area (Å²) in [6.07, 6.45) is 0.333. The zero-order valence-electron chi connectivity index (χ0n) is 15.8. The summed E-state index contributed by atoms with van der Waals surface area (Å²) < 4.78 is 15.7. The van der Waals surface area contributed by atoms with E-state index in [-0.39, 0.29) is 50.2 Å². The Morgan fingerprint density at radius 3 is 2.76 bits per heavy atom. The summed E-state index contributed by atoms with van der Waals surface area (Å²) in [4.78, 5) is 40.2. The number of nitrogens with one attached hydrogen (secondary N) is 2. The van der Waals surface area contributed by atoms with Gasteiger partial charge in [0.2, 0.25) is 23.5 Å². The second-order valence-electron chi connectivity index (χ2n) is 6.19. The molecule has 1 fully saturated rings. The smallest absolute Gasteiger partial charge is 0.324 e. The van der Waals surface area contributed by atoms with Crippen LogP contribution in [0.3, 0.4) is 0 Å². The van der Waals surface area contributed by atoms with Crippen molar-refractivity contribution >= 4 is 17.8 Å². The summed E-state index contributed by atoms with van der Waals surface area (Å²) >= 11 is 0. The average Bonchev–Trinajstić information content (AvgIpc) is 3.18. The lowest BCUT2D eigenvalue weighted by atomic mass is 10.3. The summed E-state index contributed by atoms with van der Waals surface area (Å²) in [5.41, 5.74) is 0. The number of urea groups is 1. The fraction of sp³-hybridized carbons (Fsp3) is 0.389. The summed E-state index contributed by atoms with van der Waals surface area (Å²) in [5.74, 6) is 1.37. The van der Waals surface area contributed by atoms with Crippen LogP contribution in [0.4, 0.5) is 4.79 Å². The molecule has 2 aromatic rings. The Kier molecular flexibility index (Phi) is 6.61. The quantitative estimate of drug-likeness (QED) is 0.621. The molecule has 1 aromatic heterocycles. The van der Waals surface area contributed by atoms with Crippen LogP contribution in [-0.2, 0) is 22.7 Å². The number of nitrogens with zero attached hydrogens (tertiary/aromatic N) is 3. The van der Waals surface area contributed by atoms with Crippen molar-refractivity contribution in [2.75, 3.05) is 20.2 Å². The molecule has 0 radical (unpaired) electrons. The molecule has 0 atom stereocenters. The van der Waals surface area contributed by atoms with Crippen LogP contribution in [-0.4, -0.2) is 53.1 Å². The van der Waals surface area contributed by atoms with Crippen molar-refractivity contribution < 1.29 is 28.4 Å². The number of hydrogen-bond donors (Lipinski definition) is 2. The highest BCUT2D eigenvalue weighted by Crippen LogP contribution is 2.17. The van der Waals surface area contributed by atoms with Crippen LogP contribution in [0.1, 0.15) is 24.6 Å². The summed E-state index contributed by atoms with van der Waals surface area (Å²) in [6.45, 7) is 0.709. The third-order valence-corrected chi connectivity index (χ3v) is 4.13. The van der Waals surface area contributed by atoms with E-state index in [0.29, 0.717) is 18.1 Å². The minimum absolute atomic E-state index is 0.0685. The van der Waals surface area contributed by atoms with E-state index in [0.717, 1.165) is 5.75 Å². The van der Waals surface area contributed by atoms with Crippen molar-refractivity contribution in [3.8, 4) is 11.5 Å². The zero-order valence-corrected chi connectivity index (χ0v) is 15.8. The Labute approximate surface area is 166 Å². The van der Waals surface area contributed by atoms with Gasteiger partial charge in [-0.25, -0.2) is 4.79 Å². The Morgan fingerprint density at radius 2 is 2.03 bits per heavy atom. The van der Waals surface area contributed by atoms with Gasteiger partial charge in [-0.1, -0.05) is 5.16 Å². The monoisotopic (exact) mass is 403 g/mol. The first-order chi connectivity index (χ1) is 14.0. The SMILES string of the molecule is COc1ccc(OCc2noc(CNC(=O)CCN3CCC(=O)NC3=O)n2)cc1. The van der Waals surface area contributed by atoms with E-state index in [1.165, 1.54) is 4.90 Å². The Morgan fingerprint density at radius 1 is 1.28 bits per heavy atom. The maximum Gasteiger partial charge on any atom is 0.324 e. The lowest BCUT2D eigenvalue weighted by molar-refractivity contribution is -0.121. The van der Waals surface area contributed by atoms with Crippen molar-refractivity contribution in [1.29, 1.82) is 0 Å². The molecule has 0 unspecified atom stereocenters. The number of amides is 4. The van der Waals surface area contributed by atoms with Crippen LogP contribution >= 0.6 is 0 Å². The molecule has 29 heavy (non-hydrogen) atoms. The molecule has 154 valence electrons. The molecule has 1 saturated heterocycles. The molecule has 2 N–H and O–H groups in total. The topological polar surface area (TPSA) is 136 Å². The molecule has 0 saturated carbocycles. The van der Waals surface area contributed by atoms with Crippen molar-refractivity contribution in [1.82, 2.24) is 25.7 Å². The lowest BCUT2D eigenvalue weighted by Crippen LogP contribution is -2.50. The maximum absolute atomic E-state index is 11.9. The summed E-state index contributed by atoms with van der Waals surface area (Å²) in [5, 5.41) is 8.65. The highest BCUT2D eigenvalue weighted by atomic mass is 16.5. The number of carbonyl (C=O) groups is 3. The lowest BCUT2D eigenvalue weighted by Gasteiger charge is -2.26. The highest BCUT2D eigenvalue weighted by molar-refractivity contribution is 5.96. The van der Waals surface area contributed by atoms with E-state index in [9.17, 15) is 14.4 Å². The molecule has 11 heteroatoms. The van der Waals surface area contributed by atoms with Crippen molar-refractivity contribution in [2.45, 2.75) is 26.0 Å². The molecule has 0 aliphatic carbocycles. The molecule has 1 aliphatic heterocycles. The minimum Gasteiger partial charge on any atom is -0.497 e. The van der Waals surface area contributed by atoms with Crippen molar-refractivity contribution in [3.05, 3.63) is 36.0 Å². The van der Waals surface area contributed by atoms with Crippen molar-refractivity contribution in [3.63, 3.8) is 0 Å². The van der Waals surface area contributed by atoms with Gasteiger partial charge in [0.25, 0.3) is 0 Å². The van der Waals surface area contributed by atoms with Crippen molar-refractivity contribution in [2.24, 2.45) is 0 Å². The van der Waals surface area contributed by atoms with Crippen LogP contribution in [0.15, 0.2) is 28.8 Å². The first-order valence-electron chi connectivity index (χ1n) is 8.97. The van der Waals surface area contributed by atoms with Gasteiger partial charge in [0, 0.05) is 25.9 Å². The Hall–Kier alpha value is -3.63. The average molecular weight is 403 g/mol. The van der Waals surface area contributed by atoms with E-state index >= 15 is 0 Å². The van der Waals surface area contributed by atoms with E-state index in [1.807, 2.05) is 0 Å². The number of carbonyl (C=O) groups excluding carboxylic acids is 3. The van der Waals surface area contributed by atoms with Gasteiger partial charge in [-0.05, 0) is 24.3 Å². The number of ether oxygens (including phenoxy) is 2. The predicted molar refractivity (Wildman–Crippen MR) is 97.8 cm³/mol. The van der Waals surface area contributed by atoms with Gasteiger partial charge in [-0.3, -0.25) is 14.9 Å². The Bertz CT molecular complexity index is 866. The molecular weight excluding hydrogens is 382 g/mol. The van der Waals surface area contributed by atoms with E-state index in [1.54, 1.807) is 31.4 Å². The van der Waals surface area contributed by atoms with Gasteiger partial charge in [-0.2, -0.15) is 4.98 Å². The van der Waals surface area contributed by atoms with Crippen LogP contribution in [0.2, 0.25) is 0 Å². The molecule has 1 aromatic carbocycles. The molecule has 11 nitrogen and oxygen atoms in total. The zero-order chi connectivity index (χ0) is 20.6. The molecule has 0 spiro atoms. The van der Waals surface area contributed by atoms with Gasteiger partial charge in [0.15, 0.2) is 6.61 Å². The molecule has 4 amide bonds. The van der Waals surface area contributed by atoms with Gasteiger partial charge >= 0.3 is 6.03 Å². The standard InChI is InChI=1S/C18H21N5O6/c1-27-12-2-4-13(5-3-12)28-11-14-20-17(29-22-14)10-19-15(24)6-8-23-9-7-16(25)21-18(23)26/h2-5H,6-11H2,1H3,(H,19,24)(H,21,25,26). The first-order valence-corrected chi connectivity index (χ1v) is 8.97. The molecule has 3 rings (SSSR count). The number of rotatable bonds is 9. The second-order valence-corrected chi connectivity index (χ2v) is 6.19. The van der Waals surface area contributed by atoms with Gasteiger partial charge in [0.1, 0.15) is 11.5 Å². The maximum atomic E-state index is 11.9. The van der Waals surface area contributed by atoms with Crippen LogP contribution in [0.25, 0.3) is 0 Å². The number of aromatic nitrogens is 2. The Balaban J connectivity index is 1.37. The van der Waals surface area contributed by atoms with E-state index < -0.39 is 6.03 Å². The number of hydrogen-bond acceptors (Lipinski definition) is 8. The van der Waals surface area contributed by atoms with Gasteiger partial charge < -0.3 is 24.2 Å². The number of benzene rings is 1. The van der Waals surface area contributed by atoms with E-state index in [4.69, 9.17) is 14.0 Å².